The molecule has 0 fully saturated rings. The van der Waals surface area contributed by atoms with Gasteiger partial charge in [0.25, 0.3) is 10.0 Å². The van der Waals surface area contributed by atoms with E-state index in [4.69, 9.17) is 4.74 Å². The number of ether oxygens (including phenoxy) is 1. The average Bonchev–Trinajstić information content (AvgIpc) is 2.91. The first-order valence-electron chi connectivity index (χ1n) is 11.6. The lowest BCUT2D eigenvalue weighted by Gasteiger charge is -2.32. The summed E-state index contributed by atoms with van der Waals surface area (Å²) in [6.45, 7) is 3.53. The summed E-state index contributed by atoms with van der Waals surface area (Å²) in [6.07, 6.45) is 0. The van der Waals surface area contributed by atoms with E-state index in [0.717, 1.165) is 9.87 Å². The molecular formula is C27H31N3O5S. The van der Waals surface area contributed by atoms with Gasteiger partial charge in [0.1, 0.15) is 18.3 Å². The van der Waals surface area contributed by atoms with Gasteiger partial charge in [0.05, 0.1) is 17.7 Å². The van der Waals surface area contributed by atoms with Crippen molar-refractivity contribution in [1.29, 1.82) is 0 Å². The number of rotatable bonds is 11. The maximum atomic E-state index is 13.7. The van der Waals surface area contributed by atoms with Gasteiger partial charge in [0.2, 0.25) is 11.8 Å². The van der Waals surface area contributed by atoms with Gasteiger partial charge in [0.15, 0.2) is 0 Å². The Balaban J connectivity index is 1.99. The van der Waals surface area contributed by atoms with E-state index in [1.54, 1.807) is 56.3 Å². The topological polar surface area (TPSA) is 96.0 Å². The number of nitrogens with one attached hydrogen (secondary N) is 1. The lowest BCUT2D eigenvalue weighted by atomic mass is 10.1. The maximum Gasteiger partial charge on any atom is 0.264 e. The lowest BCUT2D eigenvalue weighted by molar-refractivity contribution is -0.139. The number of anilines is 1. The van der Waals surface area contributed by atoms with E-state index in [0.29, 0.717) is 18.0 Å². The highest BCUT2D eigenvalue weighted by Crippen LogP contribution is 2.25. The zero-order chi connectivity index (χ0) is 26.1. The minimum atomic E-state index is -4.11. The number of nitrogens with zero attached hydrogens (tertiary/aromatic N) is 2. The van der Waals surface area contributed by atoms with Crippen LogP contribution in [-0.4, -0.2) is 51.4 Å². The first kappa shape index (κ1) is 26.7. The fourth-order valence-electron chi connectivity index (χ4n) is 3.68. The summed E-state index contributed by atoms with van der Waals surface area (Å²) in [5.41, 5.74) is 1.17. The molecule has 0 spiro atoms. The molecule has 0 aliphatic carbocycles. The van der Waals surface area contributed by atoms with Crippen LogP contribution in [0.2, 0.25) is 0 Å². The number of para-hydroxylation sites is 1. The van der Waals surface area contributed by atoms with Gasteiger partial charge in [-0.15, -0.1) is 0 Å². The van der Waals surface area contributed by atoms with Crippen molar-refractivity contribution in [2.75, 3.05) is 24.5 Å². The van der Waals surface area contributed by atoms with Gasteiger partial charge in [-0.05, 0) is 55.8 Å². The molecule has 1 N–H and O–H groups in total. The summed E-state index contributed by atoms with van der Waals surface area (Å²) in [5, 5.41) is 2.74. The number of methoxy groups -OCH3 is 1. The molecule has 3 rings (SSSR count). The van der Waals surface area contributed by atoms with Crippen molar-refractivity contribution in [3.05, 3.63) is 90.5 Å². The van der Waals surface area contributed by atoms with E-state index in [9.17, 15) is 18.0 Å². The van der Waals surface area contributed by atoms with Gasteiger partial charge in [-0.25, -0.2) is 8.42 Å². The Kier molecular flexibility index (Phi) is 9.08. The molecule has 0 aliphatic rings. The highest BCUT2D eigenvalue weighted by molar-refractivity contribution is 7.92. The number of carbonyl (C=O) groups is 2. The average molecular weight is 510 g/mol. The number of hydrogen-bond donors (Lipinski definition) is 1. The Morgan fingerprint density at radius 3 is 2.06 bits per heavy atom. The summed E-state index contributed by atoms with van der Waals surface area (Å²) in [6, 6.07) is 22.9. The quantitative estimate of drug-likeness (QED) is 0.427. The Morgan fingerprint density at radius 2 is 1.50 bits per heavy atom. The third kappa shape index (κ3) is 6.42. The van der Waals surface area contributed by atoms with Crippen molar-refractivity contribution in [3.63, 3.8) is 0 Å². The predicted molar refractivity (Wildman–Crippen MR) is 139 cm³/mol. The number of benzene rings is 3. The number of amides is 2. The fraction of sp³-hybridized carbons (Fsp3) is 0.259. The predicted octanol–water partition coefficient (Wildman–Crippen LogP) is 3.44. The highest BCUT2D eigenvalue weighted by Gasteiger charge is 2.32. The van der Waals surface area contributed by atoms with E-state index >= 15 is 0 Å². The van der Waals surface area contributed by atoms with Gasteiger partial charge < -0.3 is 15.0 Å². The zero-order valence-electron chi connectivity index (χ0n) is 20.6. The van der Waals surface area contributed by atoms with Crippen LogP contribution in [0.3, 0.4) is 0 Å². The molecule has 0 radical (unpaired) electrons. The molecule has 0 saturated heterocycles. The minimum absolute atomic E-state index is 0.0198. The van der Waals surface area contributed by atoms with E-state index < -0.39 is 28.5 Å². The summed E-state index contributed by atoms with van der Waals surface area (Å²) in [7, 11) is -2.61. The van der Waals surface area contributed by atoms with Crippen LogP contribution in [0, 0.1) is 0 Å². The Labute approximate surface area is 212 Å². The van der Waals surface area contributed by atoms with Crippen LogP contribution in [0.25, 0.3) is 0 Å². The van der Waals surface area contributed by atoms with Gasteiger partial charge in [-0.1, -0.05) is 48.5 Å². The molecule has 36 heavy (non-hydrogen) atoms. The summed E-state index contributed by atoms with van der Waals surface area (Å²) in [5.74, 6) is -0.300. The van der Waals surface area contributed by atoms with Gasteiger partial charge in [-0.2, -0.15) is 0 Å². The van der Waals surface area contributed by atoms with Crippen LogP contribution < -0.4 is 14.4 Å². The second kappa shape index (κ2) is 12.2. The number of carbonyl (C=O) groups excluding carboxylic acids is 2. The molecular weight excluding hydrogens is 478 g/mol. The summed E-state index contributed by atoms with van der Waals surface area (Å²) < 4.78 is 33.6. The van der Waals surface area contributed by atoms with E-state index in [1.807, 2.05) is 30.3 Å². The molecule has 0 aliphatic heterocycles. The monoisotopic (exact) mass is 509 g/mol. The lowest BCUT2D eigenvalue weighted by Crippen LogP contribution is -2.51. The van der Waals surface area contributed by atoms with Crippen LogP contribution in [0.1, 0.15) is 19.4 Å². The van der Waals surface area contributed by atoms with Crippen LogP contribution in [0.15, 0.2) is 89.8 Å². The Hall–Kier alpha value is -3.85. The summed E-state index contributed by atoms with van der Waals surface area (Å²) >= 11 is 0. The number of sulfonamides is 1. The molecule has 0 saturated carbocycles. The molecule has 190 valence electrons. The standard InChI is InChI=1S/C27H31N3O5S/c1-4-28-27(32)21(2)29(19-22-11-7-5-8-12-22)26(31)20-30(23-13-9-6-10-14-23)36(33,34)25-17-15-24(35-3)16-18-25/h5-18,21H,4,19-20H2,1-3H3,(H,28,32)/t21-/m1/s1. The van der Waals surface area contributed by atoms with Gasteiger partial charge in [-0.3, -0.25) is 13.9 Å². The smallest absolute Gasteiger partial charge is 0.264 e. The zero-order valence-corrected chi connectivity index (χ0v) is 21.4. The first-order valence-corrected chi connectivity index (χ1v) is 13.0. The van der Waals surface area contributed by atoms with E-state index in [1.165, 1.54) is 24.1 Å². The van der Waals surface area contributed by atoms with Crippen LogP contribution in [-0.2, 0) is 26.2 Å². The Bertz CT molecular complexity index is 1250. The molecule has 9 heteroatoms. The number of likely N-dealkylation sites (N-methyl/N-ethyl adjacent to an activating group) is 1. The van der Waals surface area contributed by atoms with Crippen LogP contribution in [0.4, 0.5) is 5.69 Å². The minimum Gasteiger partial charge on any atom is -0.497 e. The SMILES string of the molecule is CCNC(=O)[C@@H](C)N(Cc1ccccc1)C(=O)CN(c1ccccc1)S(=O)(=O)c1ccc(OC)cc1. The normalized spacial score (nSPS) is 11.9. The summed E-state index contributed by atoms with van der Waals surface area (Å²) in [4.78, 5) is 27.8. The van der Waals surface area contributed by atoms with Crippen molar-refractivity contribution in [1.82, 2.24) is 10.2 Å². The fourth-order valence-corrected chi connectivity index (χ4v) is 5.10. The van der Waals surface area contributed by atoms with E-state index in [2.05, 4.69) is 5.32 Å². The molecule has 2 amide bonds. The first-order chi connectivity index (χ1) is 17.3. The molecule has 3 aromatic rings. The molecule has 3 aromatic carbocycles. The van der Waals surface area contributed by atoms with E-state index in [-0.39, 0.29) is 17.3 Å². The van der Waals surface area contributed by atoms with Crippen LogP contribution in [0.5, 0.6) is 5.75 Å². The molecule has 0 bridgehead atoms. The largest absolute Gasteiger partial charge is 0.497 e. The number of hydrogen-bond acceptors (Lipinski definition) is 5. The van der Waals surface area contributed by atoms with Crippen molar-refractivity contribution >= 4 is 27.5 Å². The van der Waals surface area contributed by atoms with Crippen LogP contribution >= 0.6 is 0 Å². The third-order valence-electron chi connectivity index (χ3n) is 5.68. The molecule has 0 heterocycles. The molecule has 1 atom stereocenters. The van der Waals surface area contributed by atoms with Crippen molar-refractivity contribution in [3.8, 4) is 5.75 Å². The molecule has 0 unspecified atom stereocenters. The molecule has 0 aromatic heterocycles. The van der Waals surface area contributed by atoms with Gasteiger partial charge in [0, 0.05) is 13.1 Å². The maximum absolute atomic E-state index is 13.7. The highest BCUT2D eigenvalue weighted by atomic mass is 32.2. The second-order valence-electron chi connectivity index (χ2n) is 8.10. The van der Waals surface area contributed by atoms with Crippen molar-refractivity contribution in [2.24, 2.45) is 0 Å². The Morgan fingerprint density at radius 1 is 0.917 bits per heavy atom. The van der Waals surface area contributed by atoms with Gasteiger partial charge >= 0.3 is 0 Å². The third-order valence-corrected chi connectivity index (χ3v) is 7.47. The second-order valence-corrected chi connectivity index (χ2v) is 9.96. The van der Waals surface area contributed by atoms with Crippen molar-refractivity contribution in [2.45, 2.75) is 31.3 Å². The molecule has 8 nitrogen and oxygen atoms in total. The van der Waals surface area contributed by atoms with Crippen molar-refractivity contribution < 1.29 is 22.7 Å².